The third kappa shape index (κ3) is 1.94. The fourth-order valence-electron chi connectivity index (χ4n) is 1.61. The summed E-state index contributed by atoms with van der Waals surface area (Å²) < 4.78 is 10.8. The maximum atomic E-state index is 11.4. The average Bonchev–Trinajstić information content (AvgIpc) is 2.36. The summed E-state index contributed by atoms with van der Waals surface area (Å²) in [5, 5.41) is 0. The number of ether oxygens (including phenoxy) is 2. The first-order valence-corrected chi connectivity index (χ1v) is 5.12. The number of nitrogens with two attached hydrogens (primary N) is 1. The second-order valence-corrected chi connectivity index (χ2v) is 3.63. The maximum absolute atomic E-state index is 11.4. The van der Waals surface area contributed by atoms with E-state index in [1.165, 1.54) is 0 Å². The molecule has 0 aliphatic carbocycles. The lowest BCUT2D eigenvalue weighted by Crippen LogP contribution is -2.33. The third-order valence-electron chi connectivity index (χ3n) is 2.60. The highest BCUT2D eigenvalue weighted by molar-refractivity contribution is 5.82. The van der Waals surface area contributed by atoms with E-state index in [0.717, 1.165) is 11.3 Å². The van der Waals surface area contributed by atoms with Gasteiger partial charge in [-0.05, 0) is 24.6 Å². The first kappa shape index (κ1) is 10.8. The van der Waals surface area contributed by atoms with Crippen LogP contribution in [0.4, 0.5) is 0 Å². The summed E-state index contributed by atoms with van der Waals surface area (Å²) in [6, 6.07) is 5.46. The molecule has 16 heavy (non-hydrogen) atoms. The van der Waals surface area contributed by atoms with Crippen LogP contribution >= 0.6 is 0 Å². The molecule has 3 N–H and O–H groups in total. The Bertz CT molecular complexity index is 406. The van der Waals surface area contributed by atoms with Crippen molar-refractivity contribution in [1.29, 1.82) is 0 Å². The third-order valence-corrected chi connectivity index (χ3v) is 2.60. The van der Waals surface area contributed by atoms with Crippen LogP contribution in [-0.2, 0) is 4.79 Å². The molecule has 0 saturated heterocycles. The molecular weight excluding hydrogens is 208 g/mol. The number of fused-ring (bicyclic) bond motifs is 1. The lowest BCUT2D eigenvalue weighted by atomic mass is 10.00. The number of carbonyl (C=O) groups excluding carboxylic acids is 1. The van der Waals surface area contributed by atoms with Crippen molar-refractivity contribution in [3.63, 3.8) is 0 Å². The van der Waals surface area contributed by atoms with E-state index in [4.69, 9.17) is 15.3 Å². The van der Waals surface area contributed by atoms with E-state index in [-0.39, 0.29) is 11.8 Å². The van der Waals surface area contributed by atoms with Gasteiger partial charge in [0.25, 0.3) is 0 Å². The Balaban J connectivity index is 2.26. The molecule has 1 aromatic rings. The molecule has 1 unspecified atom stereocenters. The summed E-state index contributed by atoms with van der Waals surface area (Å²) in [5.74, 6) is 5.96. The summed E-state index contributed by atoms with van der Waals surface area (Å²) in [6.07, 6.45) is 0. The Morgan fingerprint density at radius 3 is 2.75 bits per heavy atom. The molecule has 5 heteroatoms. The summed E-state index contributed by atoms with van der Waals surface area (Å²) in [6.45, 7) is 2.88. The van der Waals surface area contributed by atoms with Crippen molar-refractivity contribution < 1.29 is 14.3 Å². The first-order valence-electron chi connectivity index (χ1n) is 5.12. The average molecular weight is 222 g/mol. The molecule has 1 atom stereocenters. The molecule has 0 aromatic heterocycles. The molecule has 0 saturated carbocycles. The number of benzene rings is 1. The van der Waals surface area contributed by atoms with E-state index >= 15 is 0 Å². The van der Waals surface area contributed by atoms with E-state index < -0.39 is 0 Å². The van der Waals surface area contributed by atoms with E-state index in [2.05, 4.69) is 5.43 Å². The van der Waals surface area contributed by atoms with E-state index in [0.29, 0.717) is 19.0 Å². The van der Waals surface area contributed by atoms with Gasteiger partial charge in [0.1, 0.15) is 13.2 Å². The van der Waals surface area contributed by atoms with Gasteiger partial charge in [0.15, 0.2) is 11.5 Å². The Morgan fingerprint density at radius 2 is 2.06 bits per heavy atom. The van der Waals surface area contributed by atoms with E-state index in [9.17, 15) is 4.79 Å². The number of rotatable bonds is 2. The van der Waals surface area contributed by atoms with E-state index in [1.807, 2.05) is 18.2 Å². The number of amides is 1. The van der Waals surface area contributed by atoms with Crippen molar-refractivity contribution in [1.82, 2.24) is 5.43 Å². The van der Waals surface area contributed by atoms with Crippen LogP contribution < -0.4 is 20.7 Å². The van der Waals surface area contributed by atoms with Gasteiger partial charge in [-0.15, -0.1) is 0 Å². The summed E-state index contributed by atoms with van der Waals surface area (Å²) in [5.41, 5.74) is 2.99. The largest absolute Gasteiger partial charge is 0.486 e. The van der Waals surface area contributed by atoms with Crippen LogP contribution in [0.1, 0.15) is 18.4 Å². The Kier molecular flexibility index (Phi) is 2.96. The van der Waals surface area contributed by atoms with Crippen LogP contribution in [0, 0.1) is 0 Å². The lowest BCUT2D eigenvalue weighted by Gasteiger charge is -2.20. The molecule has 0 bridgehead atoms. The molecule has 1 aromatic carbocycles. The highest BCUT2D eigenvalue weighted by Crippen LogP contribution is 2.32. The highest BCUT2D eigenvalue weighted by Gasteiger charge is 2.18. The molecule has 1 heterocycles. The van der Waals surface area contributed by atoms with Crippen molar-refractivity contribution in [2.24, 2.45) is 5.84 Å². The minimum atomic E-state index is -0.305. The van der Waals surface area contributed by atoms with Gasteiger partial charge in [-0.25, -0.2) is 5.84 Å². The van der Waals surface area contributed by atoms with Gasteiger partial charge in [0.2, 0.25) is 5.91 Å². The van der Waals surface area contributed by atoms with Gasteiger partial charge in [-0.1, -0.05) is 6.07 Å². The SMILES string of the molecule is CC(C(=O)NN)c1ccc2c(c1)OCCO2. The van der Waals surface area contributed by atoms with Crippen LogP contribution in [-0.4, -0.2) is 19.1 Å². The van der Waals surface area contributed by atoms with Gasteiger partial charge in [0, 0.05) is 0 Å². The quantitative estimate of drug-likeness (QED) is 0.435. The number of hydrogen-bond donors (Lipinski definition) is 2. The zero-order valence-electron chi connectivity index (χ0n) is 9.03. The molecular formula is C11H14N2O3. The zero-order chi connectivity index (χ0) is 11.5. The molecule has 1 aliphatic heterocycles. The maximum Gasteiger partial charge on any atom is 0.241 e. The van der Waals surface area contributed by atoms with Crippen molar-refractivity contribution in [3.8, 4) is 11.5 Å². The number of hydrazine groups is 1. The fraction of sp³-hybridized carbons (Fsp3) is 0.364. The normalized spacial score (nSPS) is 15.4. The number of hydrogen-bond acceptors (Lipinski definition) is 4. The summed E-state index contributed by atoms with van der Waals surface area (Å²) in [7, 11) is 0. The van der Waals surface area contributed by atoms with Gasteiger partial charge in [0.05, 0.1) is 5.92 Å². The van der Waals surface area contributed by atoms with Gasteiger partial charge >= 0.3 is 0 Å². The predicted molar refractivity (Wildman–Crippen MR) is 58.2 cm³/mol. The fourth-order valence-corrected chi connectivity index (χ4v) is 1.61. The molecule has 86 valence electrons. The first-order chi connectivity index (χ1) is 7.72. The van der Waals surface area contributed by atoms with Crippen LogP contribution in [0.25, 0.3) is 0 Å². The van der Waals surface area contributed by atoms with Gasteiger partial charge in [-0.2, -0.15) is 0 Å². The standard InChI is InChI=1S/C11H14N2O3/c1-7(11(14)13-12)8-2-3-9-10(6-8)16-5-4-15-9/h2-3,6-7H,4-5,12H2,1H3,(H,13,14). The summed E-state index contributed by atoms with van der Waals surface area (Å²) >= 11 is 0. The Hall–Kier alpha value is -1.75. The van der Waals surface area contributed by atoms with Crippen LogP contribution in [0.2, 0.25) is 0 Å². The van der Waals surface area contributed by atoms with Crippen molar-refractivity contribution in [2.45, 2.75) is 12.8 Å². The van der Waals surface area contributed by atoms with E-state index in [1.54, 1.807) is 6.92 Å². The van der Waals surface area contributed by atoms with Crippen molar-refractivity contribution in [2.75, 3.05) is 13.2 Å². The van der Waals surface area contributed by atoms with Crippen molar-refractivity contribution in [3.05, 3.63) is 23.8 Å². The predicted octanol–water partition coefficient (Wildman–Crippen LogP) is 0.551. The highest BCUT2D eigenvalue weighted by atomic mass is 16.6. The van der Waals surface area contributed by atoms with Crippen LogP contribution in [0.15, 0.2) is 18.2 Å². The van der Waals surface area contributed by atoms with Crippen LogP contribution in [0.3, 0.4) is 0 Å². The Morgan fingerprint density at radius 1 is 1.38 bits per heavy atom. The molecule has 0 radical (unpaired) electrons. The number of nitrogens with one attached hydrogen (secondary N) is 1. The smallest absolute Gasteiger partial charge is 0.241 e. The number of carbonyl (C=O) groups is 1. The molecule has 0 spiro atoms. The Labute approximate surface area is 93.5 Å². The van der Waals surface area contributed by atoms with Gasteiger partial charge in [-0.3, -0.25) is 10.2 Å². The molecule has 1 amide bonds. The molecule has 1 aliphatic rings. The zero-order valence-corrected chi connectivity index (χ0v) is 9.03. The summed E-state index contributed by atoms with van der Waals surface area (Å²) in [4.78, 5) is 11.4. The topological polar surface area (TPSA) is 73.6 Å². The monoisotopic (exact) mass is 222 g/mol. The molecule has 0 fully saturated rings. The molecule has 5 nitrogen and oxygen atoms in total. The van der Waals surface area contributed by atoms with Crippen molar-refractivity contribution >= 4 is 5.91 Å². The minimum absolute atomic E-state index is 0.225. The second kappa shape index (κ2) is 4.40. The van der Waals surface area contributed by atoms with Crippen LogP contribution in [0.5, 0.6) is 11.5 Å². The van der Waals surface area contributed by atoms with Gasteiger partial charge < -0.3 is 9.47 Å². The molecule has 2 rings (SSSR count). The minimum Gasteiger partial charge on any atom is -0.486 e. The lowest BCUT2D eigenvalue weighted by molar-refractivity contribution is -0.122. The second-order valence-electron chi connectivity index (χ2n) is 3.63.